The zero-order valence-electron chi connectivity index (χ0n) is 11.9. The summed E-state index contributed by atoms with van der Waals surface area (Å²) in [5, 5.41) is 7.30. The Labute approximate surface area is 123 Å². The second-order valence-corrected chi connectivity index (χ2v) is 5.10. The van der Waals surface area contributed by atoms with Crippen molar-refractivity contribution in [3.05, 3.63) is 18.5 Å². The van der Waals surface area contributed by atoms with E-state index in [9.17, 15) is 0 Å². The van der Waals surface area contributed by atoms with Crippen LogP contribution in [0.4, 0.5) is 11.9 Å². The Balaban J connectivity index is 1.60. The molecule has 3 heterocycles. The van der Waals surface area contributed by atoms with Gasteiger partial charge in [0.2, 0.25) is 11.9 Å². The average Bonchev–Trinajstić information content (AvgIpc) is 3.02. The highest BCUT2D eigenvalue weighted by atomic mass is 15.4. The van der Waals surface area contributed by atoms with Gasteiger partial charge >= 0.3 is 0 Å². The first-order chi connectivity index (χ1) is 10.3. The Morgan fingerprint density at radius 3 is 2.76 bits per heavy atom. The third kappa shape index (κ3) is 3.66. The lowest BCUT2D eigenvalue weighted by Gasteiger charge is -2.26. The van der Waals surface area contributed by atoms with Gasteiger partial charge in [-0.15, -0.1) is 0 Å². The van der Waals surface area contributed by atoms with Crippen molar-refractivity contribution in [2.45, 2.75) is 19.3 Å². The molecule has 21 heavy (non-hydrogen) atoms. The first-order valence-corrected chi connectivity index (χ1v) is 7.29. The number of piperidine rings is 1. The SMILES string of the molecule is Nc1nc(NCCN2CCCCC2)nc(-n2cccn2)n1. The number of anilines is 2. The van der Waals surface area contributed by atoms with E-state index in [1.807, 2.05) is 6.07 Å². The van der Waals surface area contributed by atoms with Gasteiger partial charge in [-0.25, -0.2) is 4.68 Å². The van der Waals surface area contributed by atoms with Gasteiger partial charge in [0.1, 0.15) is 0 Å². The molecular formula is C13H20N8. The van der Waals surface area contributed by atoms with Crippen molar-refractivity contribution in [1.29, 1.82) is 0 Å². The van der Waals surface area contributed by atoms with Crippen LogP contribution in [0.15, 0.2) is 18.5 Å². The predicted octanol–water partition coefficient (Wildman–Crippen LogP) is 0.537. The fourth-order valence-electron chi connectivity index (χ4n) is 2.46. The maximum absolute atomic E-state index is 5.73. The minimum absolute atomic E-state index is 0.191. The minimum atomic E-state index is 0.191. The number of rotatable bonds is 5. The summed E-state index contributed by atoms with van der Waals surface area (Å²) in [7, 11) is 0. The van der Waals surface area contributed by atoms with E-state index in [1.165, 1.54) is 32.4 Å². The highest BCUT2D eigenvalue weighted by Crippen LogP contribution is 2.09. The number of nitrogens with one attached hydrogen (secondary N) is 1. The van der Waals surface area contributed by atoms with Gasteiger partial charge in [0.15, 0.2) is 0 Å². The summed E-state index contributed by atoms with van der Waals surface area (Å²) in [6, 6.07) is 1.81. The van der Waals surface area contributed by atoms with Gasteiger partial charge < -0.3 is 16.0 Å². The number of aromatic nitrogens is 5. The minimum Gasteiger partial charge on any atom is -0.368 e. The number of hydrogen-bond acceptors (Lipinski definition) is 7. The molecule has 8 nitrogen and oxygen atoms in total. The van der Waals surface area contributed by atoms with Crippen molar-refractivity contribution in [3.8, 4) is 5.95 Å². The van der Waals surface area contributed by atoms with Crippen molar-refractivity contribution in [2.24, 2.45) is 0 Å². The highest BCUT2D eigenvalue weighted by Gasteiger charge is 2.10. The van der Waals surface area contributed by atoms with Gasteiger partial charge in [0, 0.05) is 25.5 Å². The van der Waals surface area contributed by atoms with Crippen LogP contribution in [0, 0.1) is 0 Å². The Hall–Kier alpha value is -2.22. The second-order valence-electron chi connectivity index (χ2n) is 5.10. The third-order valence-electron chi connectivity index (χ3n) is 3.51. The predicted molar refractivity (Wildman–Crippen MR) is 80.1 cm³/mol. The summed E-state index contributed by atoms with van der Waals surface area (Å²) in [5.41, 5.74) is 5.73. The molecule has 3 N–H and O–H groups in total. The number of hydrogen-bond donors (Lipinski definition) is 2. The molecule has 0 spiro atoms. The van der Waals surface area contributed by atoms with Crippen LogP contribution >= 0.6 is 0 Å². The van der Waals surface area contributed by atoms with Crippen molar-refractivity contribution >= 4 is 11.9 Å². The van der Waals surface area contributed by atoms with Gasteiger partial charge in [-0.1, -0.05) is 6.42 Å². The van der Waals surface area contributed by atoms with E-state index in [4.69, 9.17) is 5.73 Å². The second kappa shape index (κ2) is 6.49. The van der Waals surface area contributed by atoms with Gasteiger partial charge in [0.25, 0.3) is 5.95 Å². The standard InChI is InChI=1S/C13H20N8/c14-11-17-12(15-6-10-20-7-2-1-3-8-20)19-13(18-11)21-9-4-5-16-21/h4-5,9H,1-3,6-8,10H2,(H3,14,15,17,18,19). The maximum Gasteiger partial charge on any atom is 0.257 e. The third-order valence-corrected chi connectivity index (χ3v) is 3.51. The zero-order chi connectivity index (χ0) is 14.5. The molecule has 1 fully saturated rings. The maximum atomic E-state index is 5.73. The first kappa shape index (κ1) is 13.7. The van der Waals surface area contributed by atoms with Crippen LogP contribution < -0.4 is 11.1 Å². The highest BCUT2D eigenvalue weighted by molar-refractivity contribution is 5.34. The molecule has 0 unspecified atom stereocenters. The quantitative estimate of drug-likeness (QED) is 0.828. The first-order valence-electron chi connectivity index (χ1n) is 7.29. The van der Waals surface area contributed by atoms with E-state index in [-0.39, 0.29) is 5.95 Å². The molecule has 0 aliphatic carbocycles. The van der Waals surface area contributed by atoms with Gasteiger partial charge in [-0.2, -0.15) is 20.1 Å². The van der Waals surface area contributed by atoms with Crippen LogP contribution in [0.25, 0.3) is 5.95 Å². The smallest absolute Gasteiger partial charge is 0.257 e. The lowest BCUT2D eigenvalue weighted by molar-refractivity contribution is 0.237. The van der Waals surface area contributed by atoms with Crippen LogP contribution in [-0.2, 0) is 0 Å². The summed E-state index contributed by atoms with van der Waals surface area (Å²) < 4.78 is 1.56. The number of nitrogens with zero attached hydrogens (tertiary/aromatic N) is 6. The van der Waals surface area contributed by atoms with Crippen LogP contribution in [0.5, 0.6) is 0 Å². The molecule has 0 atom stereocenters. The molecule has 0 aromatic carbocycles. The van der Waals surface area contributed by atoms with Crippen LogP contribution in [0.3, 0.4) is 0 Å². The summed E-state index contributed by atoms with van der Waals surface area (Å²) in [6.45, 7) is 4.14. The van der Waals surface area contributed by atoms with Crippen molar-refractivity contribution in [1.82, 2.24) is 29.6 Å². The molecule has 2 aromatic rings. The summed E-state index contributed by atoms with van der Waals surface area (Å²) in [4.78, 5) is 15.0. The van der Waals surface area contributed by atoms with Crippen molar-refractivity contribution < 1.29 is 0 Å². The normalized spacial score (nSPS) is 16.0. The van der Waals surface area contributed by atoms with E-state index in [2.05, 4.69) is 30.3 Å². The molecule has 0 radical (unpaired) electrons. The monoisotopic (exact) mass is 288 g/mol. The average molecular weight is 288 g/mol. The van der Waals surface area contributed by atoms with E-state index < -0.39 is 0 Å². The van der Waals surface area contributed by atoms with E-state index >= 15 is 0 Å². The van der Waals surface area contributed by atoms with Crippen LogP contribution in [0.1, 0.15) is 19.3 Å². The Bertz CT molecular complexity index is 562. The van der Waals surface area contributed by atoms with Gasteiger partial charge in [0.05, 0.1) is 0 Å². The molecule has 112 valence electrons. The molecule has 8 heteroatoms. The molecule has 1 aliphatic heterocycles. The molecule has 0 bridgehead atoms. The molecule has 2 aromatic heterocycles. The fraction of sp³-hybridized carbons (Fsp3) is 0.538. The lowest BCUT2D eigenvalue weighted by Crippen LogP contribution is -2.34. The van der Waals surface area contributed by atoms with E-state index in [0.717, 1.165) is 13.1 Å². The van der Waals surface area contributed by atoms with Gasteiger partial charge in [-0.05, 0) is 32.0 Å². The largest absolute Gasteiger partial charge is 0.368 e. The number of nitrogen functional groups attached to an aromatic ring is 1. The zero-order valence-corrected chi connectivity index (χ0v) is 11.9. The molecule has 1 saturated heterocycles. The summed E-state index contributed by atoms with van der Waals surface area (Å²) in [6.07, 6.45) is 7.38. The number of likely N-dealkylation sites (tertiary alicyclic amines) is 1. The van der Waals surface area contributed by atoms with Gasteiger partial charge in [-0.3, -0.25) is 0 Å². The topological polar surface area (TPSA) is 97.8 Å². The Morgan fingerprint density at radius 2 is 2.00 bits per heavy atom. The molecule has 0 saturated carbocycles. The van der Waals surface area contributed by atoms with Crippen molar-refractivity contribution in [2.75, 3.05) is 37.2 Å². The van der Waals surface area contributed by atoms with Crippen LogP contribution in [0.2, 0.25) is 0 Å². The van der Waals surface area contributed by atoms with Crippen molar-refractivity contribution in [3.63, 3.8) is 0 Å². The Kier molecular flexibility index (Phi) is 4.25. The fourth-order valence-corrected chi connectivity index (χ4v) is 2.46. The van der Waals surface area contributed by atoms with E-state index in [0.29, 0.717) is 11.9 Å². The molecule has 0 amide bonds. The summed E-state index contributed by atoms with van der Waals surface area (Å²) in [5.74, 6) is 1.11. The molecular weight excluding hydrogens is 268 g/mol. The summed E-state index contributed by atoms with van der Waals surface area (Å²) >= 11 is 0. The Morgan fingerprint density at radius 1 is 1.14 bits per heavy atom. The molecule has 1 aliphatic rings. The van der Waals surface area contributed by atoms with Crippen LogP contribution in [-0.4, -0.2) is 55.8 Å². The van der Waals surface area contributed by atoms with E-state index in [1.54, 1.807) is 17.1 Å². The number of nitrogens with two attached hydrogens (primary N) is 1. The molecule has 3 rings (SSSR count). The lowest BCUT2D eigenvalue weighted by atomic mass is 10.1.